The minimum absolute atomic E-state index is 0.213. The predicted molar refractivity (Wildman–Crippen MR) is 43.5 cm³/mol. The van der Waals surface area contributed by atoms with E-state index in [1.54, 1.807) is 0 Å². The maximum absolute atomic E-state index is 9.65. The largest absolute Gasteiger partial charge is 0.390 e. The molecule has 1 aliphatic heterocycles. The molecule has 1 aliphatic rings. The van der Waals surface area contributed by atoms with Gasteiger partial charge in [0.25, 0.3) is 0 Å². The molecule has 2 N–H and O–H groups in total. The molecule has 0 saturated carbocycles. The molecule has 0 aromatic rings. The maximum atomic E-state index is 9.65. The Morgan fingerprint density at radius 3 is 2.91 bits per heavy atom. The van der Waals surface area contributed by atoms with E-state index in [0.29, 0.717) is 6.61 Å². The first kappa shape index (κ1) is 8.97. The SMILES string of the molecule is CC(C)(O)C1CNCCOC1. The van der Waals surface area contributed by atoms with E-state index in [4.69, 9.17) is 4.74 Å². The van der Waals surface area contributed by atoms with Crippen molar-refractivity contribution < 1.29 is 9.84 Å². The van der Waals surface area contributed by atoms with Gasteiger partial charge in [0.15, 0.2) is 0 Å². The van der Waals surface area contributed by atoms with Gasteiger partial charge < -0.3 is 15.2 Å². The standard InChI is InChI=1S/C8H17NO2/c1-8(2,10)7-5-9-3-4-11-6-7/h7,9-10H,3-6H2,1-2H3. The first-order valence-corrected chi connectivity index (χ1v) is 4.11. The zero-order chi connectivity index (χ0) is 8.32. The Morgan fingerprint density at radius 2 is 2.27 bits per heavy atom. The zero-order valence-corrected chi connectivity index (χ0v) is 7.26. The molecule has 0 bridgehead atoms. The Balaban J connectivity index is 2.43. The molecule has 1 fully saturated rings. The van der Waals surface area contributed by atoms with Gasteiger partial charge in [-0.05, 0) is 13.8 Å². The molecule has 0 amide bonds. The monoisotopic (exact) mass is 159 g/mol. The average Bonchev–Trinajstić information content (AvgIpc) is 2.10. The zero-order valence-electron chi connectivity index (χ0n) is 7.26. The Morgan fingerprint density at radius 1 is 1.55 bits per heavy atom. The number of hydrogen-bond donors (Lipinski definition) is 2. The van der Waals surface area contributed by atoms with E-state index >= 15 is 0 Å². The molecule has 0 aliphatic carbocycles. The normalized spacial score (nSPS) is 28.1. The van der Waals surface area contributed by atoms with Crippen molar-refractivity contribution in [2.75, 3.05) is 26.3 Å². The fraction of sp³-hybridized carbons (Fsp3) is 1.00. The number of rotatable bonds is 1. The number of hydrogen-bond acceptors (Lipinski definition) is 3. The van der Waals surface area contributed by atoms with Gasteiger partial charge in [-0.2, -0.15) is 0 Å². The molecule has 1 rings (SSSR count). The lowest BCUT2D eigenvalue weighted by atomic mass is 9.92. The highest BCUT2D eigenvalue weighted by atomic mass is 16.5. The molecule has 0 aromatic heterocycles. The van der Waals surface area contributed by atoms with E-state index in [2.05, 4.69) is 5.32 Å². The summed E-state index contributed by atoms with van der Waals surface area (Å²) in [6.45, 7) is 6.82. The van der Waals surface area contributed by atoms with Crippen LogP contribution in [-0.4, -0.2) is 37.0 Å². The number of nitrogens with one attached hydrogen (secondary N) is 1. The van der Waals surface area contributed by atoms with Gasteiger partial charge >= 0.3 is 0 Å². The average molecular weight is 159 g/mol. The molecule has 1 atom stereocenters. The van der Waals surface area contributed by atoms with Crippen LogP contribution in [0.25, 0.3) is 0 Å². The third-order valence-corrected chi connectivity index (χ3v) is 2.13. The molecule has 11 heavy (non-hydrogen) atoms. The summed E-state index contributed by atoms with van der Waals surface area (Å²) in [5.41, 5.74) is -0.628. The smallest absolute Gasteiger partial charge is 0.0653 e. The summed E-state index contributed by atoms with van der Waals surface area (Å²) in [6, 6.07) is 0. The van der Waals surface area contributed by atoms with Crippen molar-refractivity contribution in [2.45, 2.75) is 19.4 Å². The van der Waals surface area contributed by atoms with E-state index < -0.39 is 5.60 Å². The summed E-state index contributed by atoms with van der Waals surface area (Å²) >= 11 is 0. The molecule has 0 aromatic carbocycles. The minimum atomic E-state index is -0.628. The number of ether oxygens (including phenoxy) is 1. The van der Waals surface area contributed by atoms with Crippen molar-refractivity contribution in [1.29, 1.82) is 0 Å². The van der Waals surface area contributed by atoms with Gasteiger partial charge in [-0.1, -0.05) is 0 Å². The third kappa shape index (κ3) is 2.77. The Bertz CT molecular complexity index is 112. The molecule has 1 saturated heterocycles. The van der Waals surface area contributed by atoms with Gasteiger partial charge in [0.2, 0.25) is 0 Å². The quantitative estimate of drug-likeness (QED) is 0.565. The summed E-state index contributed by atoms with van der Waals surface area (Å²) in [6.07, 6.45) is 0. The second kappa shape index (κ2) is 3.52. The van der Waals surface area contributed by atoms with Crippen LogP contribution >= 0.6 is 0 Å². The number of aliphatic hydroxyl groups is 1. The van der Waals surface area contributed by atoms with Crippen LogP contribution in [-0.2, 0) is 4.74 Å². The lowest BCUT2D eigenvalue weighted by molar-refractivity contribution is -0.0166. The van der Waals surface area contributed by atoms with E-state index in [0.717, 1.165) is 19.7 Å². The molecular formula is C8H17NO2. The summed E-state index contributed by atoms with van der Waals surface area (Å²) in [7, 11) is 0. The van der Waals surface area contributed by atoms with Crippen molar-refractivity contribution in [3.05, 3.63) is 0 Å². The molecule has 66 valence electrons. The van der Waals surface area contributed by atoms with Gasteiger partial charge in [0.05, 0.1) is 18.8 Å². The summed E-state index contributed by atoms with van der Waals surface area (Å²) < 4.78 is 5.31. The Labute approximate surface area is 67.7 Å². The van der Waals surface area contributed by atoms with Crippen molar-refractivity contribution in [1.82, 2.24) is 5.32 Å². The van der Waals surface area contributed by atoms with Crippen molar-refractivity contribution in [3.8, 4) is 0 Å². The summed E-state index contributed by atoms with van der Waals surface area (Å²) in [4.78, 5) is 0. The first-order chi connectivity index (χ1) is 5.11. The molecular weight excluding hydrogens is 142 g/mol. The minimum Gasteiger partial charge on any atom is -0.390 e. The topological polar surface area (TPSA) is 41.5 Å². The fourth-order valence-corrected chi connectivity index (χ4v) is 1.16. The second-order valence-corrected chi connectivity index (χ2v) is 3.63. The fourth-order valence-electron chi connectivity index (χ4n) is 1.16. The van der Waals surface area contributed by atoms with Crippen LogP contribution in [0.5, 0.6) is 0 Å². The van der Waals surface area contributed by atoms with Crippen LogP contribution in [0.3, 0.4) is 0 Å². The third-order valence-electron chi connectivity index (χ3n) is 2.13. The van der Waals surface area contributed by atoms with Crippen LogP contribution in [0, 0.1) is 5.92 Å². The highest BCUT2D eigenvalue weighted by molar-refractivity contribution is 4.80. The molecule has 1 heterocycles. The first-order valence-electron chi connectivity index (χ1n) is 4.11. The van der Waals surface area contributed by atoms with Crippen LogP contribution in [0.4, 0.5) is 0 Å². The van der Waals surface area contributed by atoms with Gasteiger partial charge in [-0.3, -0.25) is 0 Å². The van der Waals surface area contributed by atoms with E-state index in [1.165, 1.54) is 0 Å². The Kier molecular flexibility index (Phi) is 2.87. The maximum Gasteiger partial charge on any atom is 0.0653 e. The lowest BCUT2D eigenvalue weighted by Gasteiger charge is -2.27. The summed E-state index contributed by atoms with van der Waals surface area (Å²) in [5, 5.41) is 12.9. The van der Waals surface area contributed by atoms with Gasteiger partial charge in [-0.15, -0.1) is 0 Å². The molecule has 3 nitrogen and oxygen atoms in total. The van der Waals surface area contributed by atoms with Gasteiger partial charge in [0.1, 0.15) is 0 Å². The molecule has 1 unspecified atom stereocenters. The second-order valence-electron chi connectivity index (χ2n) is 3.63. The van der Waals surface area contributed by atoms with Gasteiger partial charge in [-0.25, -0.2) is 0 Å². The van der Waals surface area contributed by atoms with Crippen LogP contribution < -0.4 is 5.32 Å². The van der Waals surface area contributed by atoms with Gasteiger partial charge in [0, 0.05) is 19.0 Å². The van der Waals surface area contributed by atoms with E-state index in [9.17, 15) is 5.11 Å². The summed E-state index contributed by atoms with van der Waals surface area (Å²) in [5.74, 6) is 0.213. The van der Waals surface area contributed by atoms with Crippen LogP contribution in [0.1, 0.15) is 13.8 Å². The molecule has 0 spiro atoms. The van der Waals surface area contributed by atoms with Crippen molar-refractivity contribution >= 4 is 0 Å². The van der Waals surface area contributed by atoms with Crippen LogP contribution in [0.2, 0.25) is 0 Å². The predicted octanol–water partition coefficient (Wildman–Crippen LogP) is -0.00670. The molecule has 3 heteroatoms. The van der Waals surface area contributed by atoms with E-state index in [1.807, 2.05) is 13.8 Å². The molecule has 0 radical (unpaired) electrons. The highest BCUT2D eigenvalue weighted by Gasteiger charge is 2.27. The van der Waals surface area contributed by atoms with Crippen molar-refractivity contribution in [2.24, 2.45) is 5.92 Å². The lowest BCUT2D eigenvalue weighted by Crippen LogP contribution is -2.39. The van der Waals surface area contributed by atoms with E-state index in [-0.39, 0.29) is 5.92 Å². The van der Waals surface area contributed by atoms with Crippen molar-refractivity contribution in [3.63, 3.8) is 0 Å². The Hall–Kier alpha value is -0.120. The van der Waals surface area contributed by atoms with Crippen LogP contribution in [0.15, 0.2) is 0 Å². The highest BCUT2D eigenvalue weighted by Crippen LogP contribution is 2.16.